The summed E-state index contributed by atoms with van der Waals surface area (Å²) in [6, 6.07) is 17.3. The molecule has 3 rings (SSSR count). The van der Waals surface area contributed by atoms with E-state index in [0.717, 1.165) is 16.5 Å². The number of hydrogen-bond acceptors (Lipinski definition) is 3. The van der Waals surface area contributed by atoms with Crippen molar-refractivity contribution >= 4 is 16.9 Å². The van der Waals surface area contributed by atoms with Crippen molar-refractivity contribution in [1.82, 2.24) is 9.78 Å². The largest absolute Gasteiger partial charge is 0.481 e. The summed E-state index contributed by atoms with van der Waals surface area (Å²) in [5, 5.41) is 14.4. The van der Waals surface area contributed by atoms with Gasteiger partial charge in [-0.05, 0) is 6.07 Å². The van der Waals surface area contributed by atoms with Crippen molar-refractivity contribution in [2.24, 2.45) is 0 Å². The van der Waals surface area contributed by atoms with Gasteiger partial charge in [-0.1, -0.05) is 48.5 Å². The molecule has 0 amide bonds. The molecule has 5 heteroatoms. The number of fused-ring (bicyclic) bond motifs is 1. The number of benzene rings is 2. The highest BCUT2D eigenvalue weighted by Crippen LogP contribution is 2.26. The molecule has 0 aliphatic rings. The van der Waals surface area contributed by atoms with Crippen molar-refractivity contribution in [1.29, 1.82) is 0 Å². The van der Waals surface area contributed by atoms with E-state index in [1.54, 1.807) is 11.8 Å². The van der Waals surface area contributed by atoms with Crippen LogP contribution < -0.4 is 0 Å². The number of rotatable bonds is 5. The van der Waals surface area contributed by atoms with Crippen LogP contribution in [0.25, 0.3) is 10.9 Å². The van der Waals surface area contributed by atoms with E-state index in [4.69, 9.17) is 9.84 Å². The SMILES string of the molecule is COC(c1ccccc1)n1nc(CC(=O)O)c2ccccc21. The summed E-state index contributed by atoms with van der Waals surface area (Å²) in [4.78, 5) is 11.1. The van der Waals surface area contributed by atoms with Crippen LogP contribution in [0.2, 0.25) is 0 Å². The summed E-state index contributed by atoms with van der Waals surface area (Å²) < 4.78 is 7.34. The maximum Gasteiger partial charge on any atom is 0.309 e. The second kappa shape index (κ2) is 5.99. The molecule has 1 N–H and O–H groups in total. The lowest BCUT2D eigenvalue weighted by atomic mass is 10.1. The molecule has 112 valence electrons. The topological polar surface area (TPSA) is 64.4 Å². The van der Waals surface area contributed by atoms with E-state index in [2.05, 4.69) is 5.10 Å². The highest BCUT2D eigenvalue weighted by molar-refractivity contribution is 5.85. The van der Waals surface area contributed by atoms with Gasteiger partial charge in [-0.3, -0.25) is 4.79 Å². The summed E-state index contributed by atoms with van der Waals surface area (Å²) in [5.41, 5.74) is 2.36. The number of hydrogen-bond donors (Lipinski definition) is 1. The van der Waals surface area contributed by atoms with Gasteiger partial charge in [-0.2, -0.15) is 5.10 Å². The zero-order chi connectivity index (χ0) is 15.5. The standard InChI is InChI=1S/C17H16N2O3/c1-22-17(12-7-3-2-4-8-12)19-15-10-6-5-9-13(15)14(18-19)11-16(20)21/h2-10,17H,11H2,1H3,(H,20,21). The van der Waals surface area contributed by atoms with Crippen LogP contribution in [0.4, 0.5) is 0 Å². The van der Waals surface area contributed by atoms with E-state index < -0.39 is 12.2 Å². The molecule has 0 bridgehead atoms. The smallest absolute Gasteiger partial charge is 0.309 e. The first-order valence-corrected chi connectivity index (χ1v) is 6.96. The van der Waals surface area contributed by atoms with Crippen molar-refractivity contribution in [2.45, 2.75) is 12.6 Å². The quantitative estimate of drug-likeness (QED) is 0.786. The second-order valence-electron chi connectivity index (χ2n) is 4.98. The summed E-state index contributed by atoms with van der Waals surface area (Å²) in [7, 11) is 1.62. The number of carboxylic acids is 1. The molecule has 0 spiro atoms. The van der Waals surface area contributed by atoms with E-state index in [9.17, 15) is 4.79 Å². The summed E-state index contributed by atoms with van der Waals surface area (Å²) in [6.07, 6.45) is -0.507. The zero-order valence-electron chi connectivity index (χ0n) is 12.1. The molecule has 0 saturated heterocycles. The molecule has 1 aromatic heterocycles. The maximum absolute atomic E-state index is 11.1. The molecule has 1 heterocycles. The molecular weight excluding hydrogens is 280 g/mol. The molecule has 5 nitrogen and oxygen atoms in total. The predicted octanol–water partition coefficient (Wildman–Crippen LogP) is 2.86. The first-order valence-electron chi connectivity index (χ1n) is 6.96. The summed E-state index contributed by atoms with van der Waals surface area (Å²) in [5.74, 6) is -0.899. The number of aromatic nitrogens is 2. The van der Waals surface area contributed by atoms with Crippen LogP contribution in [0.15, 0.2) is 54.6 Å². The van der Waals surface area contributed by atoms with Crippen molar-refractivity contribution in [3.05, 3.63) is 65.9 Å². The van der Waals surface area contributed by atoms with Crippen molar-refractivity contribution in [3.8, 4) is 0 Å². The van der Waals surface area contributed by atoms with E-state index in [0.29, 0.717) is 5.69 Å². The maximum atomic E-state index is 11.1. The van der Waals surface area contributed by atoms with Crippen LogP contribution in [-0.4, -0.2) is 28.0 Å². The van der Waals surface area contributed by atoms with Gasteiger partial charge in [0, 0.05) is 18.1 Å². The Bertz CT molecular complexity index is 796. The molecule has 2 aromatic carbocycles. The number of nitrogens with zero attached hydrogens (tertiary/aromatic N) is 2. The van der Waals surface area contributed by atoms with Crippen LogP contribution in [0.1, 0.15) is 17.5 Å². The Hall–Kier alpha value is -2.66. The molecule has 22 heavy (non-hydrogen) atoms. The predicted molar refractivity (Wildman–Crippen MR) is 82.7 cm³/mol. The minimum Gasteiger partial charge on any atom is -0.481 e. The van der Waals surface area contributed by atoms with Gasteiger partial charge in [0.2, 0.25) is 0 Å². The lowest BCUT2D eigenvalue weighted by molar-refractivity contribution is -0.136. The van der Waals surface area contributed by atoms with E-state index in [-0.39, 0.29) is 6.42 Å². The number of para-hydroxylation sites is 1. The molecule has 0 saturated carbocycles. The molecule has 1 unspecified atom stereocenters. The second-order valence-corrected chi connectivity index (χ2v) is 4.98. The fourth-order valence-electron chi connectivity index (χ4n) is 2.60. The minimum atomic E-state index is -0.899. The van der Waals surface area contributed by atoms with Gasteiger partial charge in [0.1, 0.15) is 0 Å². The average molecular weight is 296 g/mol. The summed E-state index contributed by atoms with van der Waals surface area (Å²) in [6.45, 7) is 0. The van der Waals surface area contributed by atoms with E-state index in [1.165, 1.54) is 0 Å². The number of carbonyl (C=O) groups is 1. The Morgan fingerprint density at radius 2 is 1.86 bits per heavy atom. The molecule has 0 radical (unpaired) electrons. The van der Waals surface area contributed by atoms with E-state index in [1.807, 2.05) is 54.6 Å². The monoisotopic (exact) mass is 296 g/mol. The van der Waals surface area contributed by atoms with Crippen molar-refractivity contribution in [3.63, 3.8) is 0 Å². The van der Waals surface area contributed by atoms with Gasteiger partial charge in [-0.25, -0.2) is 4.68 Å². The third-order valence-corrected chi connectivity index (χ3v) is 3.54. The van der Waals surface area contributed by atoms with Crippen LogP contribution >= 0.6 is 0 Å². The number of methoxy groups -OCH3 is 1. The lowest BCUT2D eigenvalue weighted by Crippen LogP contribution is -2.14. The van der Waals surface area contributed by atoms with Crippen LogP contribution in [-0.2, 0) is 16.0 Å². The first-order chi connectivity index (χ1) is 10.7. The normalized spacial score (nSPS) is 12.4. The van der Waals surface area contributed by atoms with E-state index >= 15 is 0 Å². The molecule has 3 aromatic rings. The Morgan fingerprint density at radius 1 is 1.18 bits per heavy atom. The Morgan fingerprint density at radius 3 is 2.55 bits per heavy atom. The number of ether oxygens (including phenoxy) is 1. The highest BCUT2D eigenvalue weighted by atomic mass is 16.5. The van der Waals surface area contributed by atoms with Gasteiger partial charge in [0.25, 0.3) is 0 Å². The van der Waals surface area contributed by atoms with Gasteiger partial charge in [0.05, 0.1) is 17.6 Å². The van der Waals surface area contributed by atoms with Gasteiger partial charge >= 0.3 is 5.97 Å². The molecule has 0 aliphatic carbocycles. The number of aliphatic carboxylic acids is 1. The van der Waals surface area contributed by atoms with Crippen LogP contribution in [0.3, 0.4) is 0 Å². The molecular formula is C17H16N2O3. The average Bonchev–Trinajstić information content (AvgIpc) is 2.88. The Labute approximate surface area is 127 Å². The Balaban J connectivity index is 2.15. The first kappa shape index (κ1) is 14.3. The third kappa shape index (κ3) is 2.58. The summed E-state index contributed by atoms with van der Waals surface area (Å²) >= 11 is 0. The van der Waals surface area contributed by atoms with Crippen LogP contribution in [0, 0.1) is 0 Å². The van der Waals surface area contributed by atoms with Gasteiger partial charge < -0.3 is 9.84 Å². The lowest BCUT2D eigenvalue weighted by Gasteiger charge is -2.17. The van der Waals surface area contributed by atoms with Gasteiger partial charge in [0.15, 0.2) is 6.23 Å². The van der Waals surface area contributed by atoms with Crippen molar-refractivity contribution in [2.75, 3.05) is 7.11 Å². The van der Waals surface area contributed by atoms with Crippen molar-refractivity contribution < 1.29 is 14.6 Å². The number of carboxylic acid groups (broad SMARTS) is 1. The minimum absolute atomic E-state index is 0.112. The zero-order valence-corrected chi connectivity index (χ0v) is 12.1. The molecule has 1 atom stereocenters. The molecule has 0 aliphatic heterocycles. The Kier molecular flexibility index (Phi) is 3.89. The van der Waals surface area contributed by atoms with Crippen LogP contribution in [0.5, 0.6) is 0 Å². The highest BCUT2D eigenvalue weighted by Gasteiger charge is 2.20. The molecule has 0 fully saturated rings. The fraction of sp³-hybridized carbons (Fsp3) is 0.176. The third-order valence-electron chi connectivity index (χ3n) is 3.54. The fourth-order valence-corrected chi connectivity index (χ4v) is 2.60. The van der Waals surface area contributed by atoms with Gasteiger partial charge in [-0.15, -0.1) is 0 Å².